The summed E-state index contributed by atoms with van der Waals surface area (Å²) >= 11 is 0. The Bertz CT molecular complexity index is 262. The largest absolute Gasteiger partial charge is 0.329 e. The van der Waals surface area contributed by atoms with Gasteiger partial charge >= 0.3 is 0 Å². The van der Waals surface area contributed by atoms with Crippen molar-refractivity contribution in [3.63, 3.8) is 0 Å². The van der Waals surface area contributed by atoms with Crippen LogP contribution in [0.25, 0.3) is 0 Å². The van der Waals surface area contributed by atoms with Crippen LogP contribution in [-0.2, 0) is 6.54 Å². The fourth-order valence-corrected chi connectivity index (χ4v) is 1.17. The molecular weight excluding hydrogens is 164 g/mol. The first kappa shape index (κ1) is 10.1. The van der Waals surface area contributed by atoms with Crippen LogP contribution in [0.4, 0.5) is 0 Å². The Hall–Kier alpha value is -1.00. The molecule has 0 atom stereocenters. The van der Waals surface area contributed by atoms with E-state index in [1.54, 1.807) is 6.20 Å². The van der Waals surface area contributed by atoms with Crippen molar-refractivity contribution in [3.8, 4) is 0 Å². The molecule has 0 saturated heterocycles. The van der Waals surface area contributed by atoms with Crippen LogP contribution >= 0.6 is 0 Å². The molecule has 4 nitrogen and oxygen atoms in total. The maximum Gasteiger partial charge on any atom is 0.125 e. The van der Waals surface area contributed by atoms with Crippen molar-refractivity contribution in [2.75, 3.05) is 20.1 Å². The van der Waals surface area contributed by atoms with Gasteiger partial charge in [0, 0.05) is 25.8 Å². The van der Waals surface area contributed by atoms with Gasteiger partial charge in [-0.3, -0.25) is 4.90 Å². The molecule has 72 valence electrons. The van der Waals surface area contributed by atoms with E-state index in [1.807, 2.05) is 20.0 Å². The molecule has 0 aliphatic rings. The highest BCUT2D eigenvalue weighted by atomic mass is 15.1. The zero-order valence-electron chi connectivity index (χ0n) is 8.20. The highest BCUT2D eigenvalue weighted by Crippen LogP contribution is 1.98. The second-order valence-corrected chi connectivity index (χ2v) is 3.12. The number of aromatic nitrogens is 2. The van der Waals surface area contributed by atoms with Crippen molar-refractivity contribution in [2.45, 2.75) is 13.5 Å². The summed E-state index contributed by atoms with van der Waals surface area (Å²) in [4.78, 5) is 10.5. The molecule has 0 aliphatic heterocycles. The molecule has 0 saturated carbocycles. The third-order valence-corrected chi connectivity index (χ3v) is 1.78. The molecule has 1 heterocycles. The zero-order valence-corrected chi connectivity index (χ0v) is 8.20. The molecule has 0 aromatic carbocycles. The summed E-state index contributed by atoms with van der Waals surface area (Å²) in [6.07, 6.45) is 1.79. The summed E-state index contributed by atoms with van der Waals surface area (Å²) in [6, 6.07) is 1.93. The minimum Gasteiger partial charge on any atom is -0.329 e. The van der Waals surface area contributed by atoms with Crippen molar-refractivity contribution >= 4 is 0 Å². The van der Waals surface area contributed by atoms with Crippen molar-refractivity contribution in [1.82, 2.24) is 14.9 Å². The van der Waals surface area contributed by atoms with Crippen LogP contribution in [0.2, 0.25) is 0 Å². The summed E-state index contributed by atoms with van der Waals surface area (Å²) in [7, 11) is 2.03. The van der Waals surface area contributed by atoms with Crippen molar-refractivity contribution in [1.29, 1.82) is 0 Å². The third kappa shape index (κ3) is 3.48. The fourth-order valence-electron chi connectivity index (χ4n) is 1.17. The van der Waals surface area contributed by atoms with Gasteiger partial charge in [0.05, 0.1) is 5.69 Å². The first-order valence-electron chi connectivity index (χ1n) is 4.39. The van der Waals surface area contributed by atoms with Gasteiger partial charge in [0.15, 0.2) is 0 Å². The molecule has 1 rings (SSSR count). The van der Waals surface area contributed by atoms with E-state index in [-0.39, 0.29) is 0 Å². The minimum atomic E-state index is 0.681. The topological polar surface area (TPSA) is 55.0 Å². The van der Waals surface area contributed by atoms with Crippen LogP contribution in [-0.4, -0.2) is 35.0 Å². The van der Waals surface area contributed by atoms with Gasteiger partial charge in [-0.05, 0) is 20.0 Å². The monoisotopic (exact) mass is 180 g/mol. The average molecular weight is 180 g/mol. The van der Waals surface area contributed by atoms with Crippen LogP contribution < -0.4 is 5.73 Å². The lowest BCUT2D eigenvalue weighted by Gasteiger charge is -2.14. The number of nitrogens with zero attached hydrogens (tertiary/aromatic N) is 3. The Balaban J connectivity index is 2.53. The second-order valence-electron chi connectivity index (χ2n) is 3.12. The second kappa shape index (κ2) is 4.89. The van der Waals surface area contributed by atoms with E-state index in [0.717, 1.165) is 24.6 Å². The zero-order chi connectivity index (χ0) is 9.68. The molecule has 0 bridgehead atoms. The number of likely N-dealkylation sites (N-methyl/N-ethyl adjacent to an activating group) is 1. The molecule has 0 radical (unpaired) electrons. The minimum absolute atomic E-state index is 0.681. The standard InChI is InChI=1S/C9H16N4/c1-8-11-5-3-9(12-8)7-13(2)6-4-10/h3,5H,4,6-7,10H2,1-2H3. The van der Waals surface area contributed by atoms with E-state index >= 15 is 0 Å². The van der Waals surface area contributed by atoms with Crippen LogP contribution in [0.5, 0.6) is 0 Å². The molecular formula is C9H16N4. The molecule has 0 fully saturated rings. The highest BCUT2D eigenvalue weighted by molar-refractivity contribution is 5.01. The van der Waals surface area contributed by atoms with Crippen molar-refractivity contribution in [3.05, 3.63) is 23.8 Å². The predicted molar refractivity (Wildman–Crippen MR) is 52.2 cm³/mol. The number of aryl methyl sites for hydroxylation is 1. The van der Waals surface area contributed by atoms with E-state index in [9.17, 15) is 0 Å². The fraction of sp³-hybridized carbons (Fsp3) is 0.556. The molecule has 13 heavy (non-hydrogen) atoms. The Kier molecular flexibility index (Phi) is 3.79. The van der Waals surface area contributed by atoms with Crippen LogP contribution in [0.1, 0.15) is 11.5 Å². The summed E-state index contributed by atoms with van der Waals surface area (Å²) in [5, 5.41) is 0. The summed E-state index contributed by atoms with van der Waals surface area (Å²) in [5.41, 5.74) is 6.48. The number of rotatable bonds is 4. The normalized spacial score (nSPS) is 10.8. The number of hydrogen-bond donors (Lipinski definition) is 1. The highest BCUT2D eigenvalue weighted by Gasteiger charge is 2.00. The van der Waals surface area contributed by atoms with Gasteiger partial charge in [-0.1, -0.05) is 0 Å². The lowest BCUT2D eigenvalue weighted by molar-refractivity contribution is 0.331. The Labute approximate surface area is 78.8 Å². The van der Waals surface area contributed by atoms with Crippen molar-refractivity contribution < 1.29 is 0 Å². The van der Waals surface area contributed by atoms with E-state index in [2.05, 4.69) is 14.9 Å². The summed E-state index contributed by atoms with van der Waals surface area (Å²) < 4.78 is 0. The predicted octanol–water partition coefficient (Wildman–Crippen LogP) is 0.176. The van der Waals surface area contributed by atoms with E-state index < -0.39 is 0 Å². The summed E-state index contributed by atoms with van der Waals surface area (Å²) in [6.45, 7) is 4.30. The van der Waals surface area contributed by atoms with Crippen LogP contribution in [0.3, 0.4) is 0 Å². The number of hydrogen-bond acceptors (Lipinski definition) is 4. The molecule has 0 unspecified atom stereocenters. The van der Waals surface area contributed by atoms with Crippen LogP contribution in [0.15, 0.2) is 12.3 Å². The molecule has 0 spiro atoms. The molecule has 0 aliphatic carbocycles. The maximum absolute atomic E-state index is 5.44. The molecule has 4 heteroatoms. The van der Waals surface area contributed by atoms with Gasteiger partial charge in [-0.25, -0.2) is 9.97 Å². The van der Waals surface area contributed by atoms with Gasteiger partial charge in [0.2, 0.25) is 0 Å². The summed E-state index contributed by atoms with van der Waals surface area (Å²) in [5.74, 6) is 0.818. The van der Waals surface area contributed by atoms with E-state index in [1.165, 1.54) is 0 Å². The van der Waals surface area contributed by atoms with Gasteiger partial charge in [-0.15, -0.1) is 0 Å². The lowest BCUT2D eigenvalue weighted by Crippen LogP contribution is -2.25. The Morgan fingerprint density at radius 1 is 1.54 bits per heavy atom. The van der Waals surface area contributed by atoms with Crippen molar-refractivity contribution in [2.24, 2.45) is 5.73 Å². The molecule has 1 aromatic rings. The lowest BCUT2D eigenvalue weighted by atomic mass is 10.3. The van der Waals surface area contributed by atoms with Gasteiger partial charge in [0.1, 0.15) is 5.82 Å². The smallest absolute Gasteiger partial charge is 0.125 e. The SMILES string of the molecule is Cc1nccc(CN(C)CCN)n1. The van der Waals surface area contributed by atoms with Crippen LogP contribution in [0, 0.1) is 6.92 Å². The Morgan fingerprint density at radius 3 is 2.92 bits per heavy atom. The van der Waals surface area contributed by atoms with Gasteiger partial charge < -0.3 is 5.73 Å². The number of nitrogens with two attached hydrogens (primary N) is 1. The first-order chi connectivity index (χ1) is 6.22. The van der Waals surface area contributed by atoms with E-state index in [4.69, 9.17) is 5.73 Å². The maximum atomic E-state index is 5.44. The third-order valence-electron chi connectivity index (χ3n) is 1.78. The molecule has 1 aromatic heterocycles. The first-order valence-corrected chi connectivity index (χ1v) is 4.39. The van der Waals surface area contributed by atoms with E-state index in [0.29, 0.717) is 6.54 Å². The average Bonchev–Trinajstić information content (AvgIpc) is 2.04. The van der Waals surface area contributed by atoms with Gasteiger partial charge in [0.25, 0.3) is 0 Å². The quantitative estimate of drug-likeness (QED) is 0.718. The Morgan fingerprint density at radius 2 is 2.31 bits per heavy atom. The molecule has 2 N–H and O–H groups in total. The molecule has 0 amide bonds. The van der Waals surface area contributed by atoms with Gasteiger partial charge in [-0.2, -0.15) is 0 Å².